The molecular formula is C13H16ClF2N. The standard InChI is InChI=1S/C13H16ClF2N/c14-12-10(16)7-6-9(15)11(12)13(17)8-4-2-1-3-5-8/h6-8,13H,1-5,17H2/t13-/m0/s1. The van der Waals surface area contributed by atoms with E-state index in [1.165, 1.54) is 6.42 Å². The molecule has 2 N–H and O–H groups in total. The Kier molecular flexibility index (Phi) is 4.00. The molecule has 0 spiro atoms. The van der Waals surface area contributed by atoms with Gasteiger partial charge in [-0.15, -0.1) is 0 Å². The molecule has 0 unspecified atom stereocenters. The van der Waals surface area contributed by atoms with Gasteiger partial charge in [-0.05, 0) is 30.9 Å². The summed E-state index contributed by atoms with van der Waals surface area (Å²) in [4.78, 5) is 0. The Bertz CT molecular complexity index is 403. The summed E-state index contributed by atoms with van der Waals surface area (Å²) < 4.78 is 27.0. The molecule has 17 heavy (non-hydrogen) atoms. The summed E-state index contributed by atoms with van der Waals surface area (Å²) in [5.41, 5.74) is 6.19. The lowest BCUT2D eigenvalue weighted by atomic mass is 9.81. The van der Waals surface area contributed by atoms with Gasteiger partial charge in [-0.25, -0.2) is 8.78 Å². The van der Waals surface area contributed by atoms with Crippen LogP contribution in [0, 0.1) is 17.6 Å². The van der Waals surface area contributed by atoms with Crippen molar-refractivity contribution in [2.45, 2.75) is 38.1 Å². The molecule has 4 heteroatoms. The highest BCUT2D eigenvalue weighted by Crippen LogP contribution is 2.37. The van der Waals surface area contributed by atoms with Crippen LogP contribution in [-0.4, -0.2) is 0 Å². The van der Waals surface area contributed by atoms with E-state index >= 15 is 0 Å². The number of nitrogens with two attached hydrogens (primary N) is 1. The minimum Gasteiger partial charge on any atom is -0.324 e. The molecule has 0 radical (unpaired) electrons. The fourth-order valence-corrected chi connectivity index (χ4v) is 2.86. The van der Waals surface area contributed by atoms with Gasteiger partial charge in [0.05, 0.1) is 5.02 Å². The van der Waals surface area contributed by atoms with Crippen LogP contribution in [0.4, 0.5) is 8.78 Å². The fraction of sp³-hybridized carbons (Fsp3) is 0.538. The van der Waals surface area contributed by atoms with Crippen LogP contribution in [0.2, 0.25) is 5.02 Å². The molecular weight excluding hydrogens is 244 g/mol. The molecule has 0 amide bonds. The summed E-state index contributed by atoms with van der Waals surface area (Å²) in [5, 5.41) is -0.164. The van der Waals surface area contributed by atoms with Crippen LogP contribution in [0.25, 0.3) is 0 Å². The Balaban J connectivity index is 2.29. The van der Waals surface area contributed by atoms with E-state index in [1.807, 2.05) is 0 Å². The van der Waals surface area contributed by atoms with Gasteiger partial charge in [0, 0.05) is 11.6 Å². The highest BCUT2D eigenvalue weighted by Gasteiger charge is 2.27. The van der Waals surface area contributed by atoms with E-state index in [0.29, 0.717) is 0 Å². The van der Waals surface area contributed by atoms with Gasteiger partial charge in [0.25, 0.3) is 0 Å². The molecule has 0 heterocycles. The first-order valence-electron chi connectivity index (χ1n) is 6.00. The molecule has 1 aliphatic carbocycles. The van der Waals surface area contributed by atoms with E-state index in [-0.39, 0.29) is 16.5 Å². The molecule has 2 rings (SSSR count). The zero-order valence-electron chi connectivity index (χ0n) is 9.56. The van der Waals surface area contributed by atoms with E-state index in [9.17, 15) is 8.78 Å². The van der Waals surface area contributed by atoms with Crippen LogP contribution in [-0.2, 0) is 0 Å². The first kappa shape index (κ1) is 12.8. The van der Waals surface area contributed by atoms with Crippen LogP contribution >= 0.6 is 11.6 Å². The van der Waals surface area contributed by atoms with E-state index in [2.05, 4.69) is 0 Å². The fourth-order valence-electron chi connectivity index (χ4n) is 2.58. The lowest BCUT2D eigenvalue weighted by molar-refractivity contribution is 0.303. The van der Waals surface area contributed by atoms with Crippen molar-refractivity contribution >= 4 is 11.6 Å². The topological polar surface area (TPSA) is 26.0 Å². The highest BCUT2D eigenvalue weighted by molar-refractivity contribution is 6.31. The van der Waals surface area contributed by atoms with E-state index in [1.54, 1.807) is 0 Å². The first-order valence-corrected chi connectivity index (χ1v) is 6.38. The molecule has 1 nitrogen and oxygen atoms in total. The molecule has 94 valence electrons. The van der Waals surface area contributed by atoms with Crippen LogP contribution in [0.1, 0.15) is 43.7 Å². The van der Waals surface area contributed by atoms with Crippen molar-refractivity contribution in [1.82, 2.24) is 0 Å². The third kappa shape index (κ3) is 2.61. The SMILES string of the molecule is N[C@H](c1c(F)ccc(F)c1Cl)C1CCCCC1. The normalized spacial score (nSPS) is 19.3. The first-order chi connectivity index (χ1) is 8.11. The quantitative estimate of drug-likeness (QED) is 0.792. The highest BCUT2D eigenvalue weighted by atomic mass is 35.5. The largest absolute Gasteiger partial charge is 0.324 e. The van der Waals surface area contributed by atoms with Crippen molar-refractivity contribution in [3.8, 4) is 0 Å². The Labute approximate surface area is 105 Å². The van der Waals surface area contributed by atoms with Crippen molar-refractivity contribution in [1.29, 1.82) is 0 Å². The van der Waals surface area contributed by atoms with E-state index in [0.717, 1.165) is 37.8 Å². The molecule has 1 saturated carbocycles. The summed E-state index contributed by atoms with van der Waals surface area (Å²) in [6, 6.07) is 1.63. The lowest BCUT2D eigenvalue weighted by Crippen LogP contribution is -2.25. The summed E-state index contributed by atoms with van der Waals surface area (Å²) in [6.45, 7) is 0. The number of hydrogen-bond donors (Lipinski definition) is 1. The lowest BCUT2D eigenvalue weighted by Gasteiger charge is -2.28. The van der Waals surface area contributed by atoms with E-state index < -0.39 is 17.7 Å². The van der Waals surface area contributed by atoms with Gasteiger partial charge in [-0.1, -0.05) is 30.9 Å². The molecule has 1 fully saturated rings. The van der Waals surface area contributed by atoms with Gasteiger partial charge >= 0.3 is 0 Å². The van der Waals surface area contributed by atoms with Gasteiger partial charge in [-0.2, -0.15) is 0 Å². The molecule has 1 aromatic rings. The summed E-state index contributed by atoms with van der Waals surface area (Å²) in [7, 11) is 0. The van der Waals surface area contributed by atoms with Crippen LogP contribution in [0.5, 0.6) is 0 Å². The predicted molar refractivity (Wildman–Crippen MR) is 64.9 cm³/mol. The molecule has 0 bridgehead atoms. The number of halogens is 3. The second kappa shape index (κ2) is 5.32. The molecule has 1 atom stereocenters. The Morgan fingerprint density at radius 3 is 2.35 bits per heavy atom. The Morgan fingerprint density at radius 2 is 1.71 bits per heavy atom. The molecule has 1 aliphatic rings. The van der Waals surface area contributed by atoms with Gasteiger partial charge < -0.3 is 5.73 Å². The van der Waals surface area contributed by atoms with Gasteiger partial charge in [0.15, 0.2) is 0 Å². The minimum absolute atomic E-state index is 0.138. The minimum atomic E-state index is -0.602. The van der Waals surface area contributed by atoms with Crippen molar-refractivity contribution in [3.05, 3.63) is 34.4 Å². The Morgan fingerprint density at radius 1 is 1.12 bits per heavy atom. The van der Waals surface area contributed by atoms with Gasteiger partial charge in [0.1, 0.15) is 11.6 Å². The maximum atomic E-state index is 13.7. The third-order valence-corrected chi connectivity index (χ3v) is 3.95. The molecule has 0 aromatic heterocycles. The average molecular weight is 260 g/mol. The summed E-state index contributed by atoms with van der Waals surface area (Å²) in [6.07, 6.45) is 5.34. The van der Waals surface area contributed by atoms with Crippen molar-refractivity contribution in [2.24, 2.45) is 11.7 Å². The smallest absolute Gasteiger partial charge is 0.142 e. The van der Waals surface area contributed by atoms with E-state index in [4.69, 9.17) is 17.3 Å². The summed E-state index contributed by atoms with van der Waals surface area (Å²) in [5.74, 6) is -0.902. The Hall–Kier alpha value is -0.670. The second-order valence-corrected chi connectivity index (χ2v) is 5.06. The molecule has 1 aromatic carbocycles. The maximum Gasteiger partial charge on any atom is 0.142 e. The van der Waals surface area contributed by atoms with Crippen molar-refractivity contribution in [3.63, 3.8) is 0 Å². The monoisotopic (exact) mass is 259 g/mol. The van der Waals surface area contributed by atoms with Crippen LogP contribution in [0.15, 0.2) is 12.1 Å². The van der Waals surface area contributed by atoms with Gasteiger partial charge in [-0.3, -0.25) is 0 Å². The molecule has 0 aliphatic heterocycles. The van der Waals surface area contributed by atoms with Crippen molar-refractivity contribution < 1.29 is 8.78 Å². The summed E-state index contributed by atoms with van der Waals surface area (Å²) >= 11 is 5.82. The maximum absolute atomic E-state index is 13.7. The third-order valence-electron chi connectivity index (χ3n) is 3.57. The number of hydrogen-bond acceptors (Lipinski definition) is 1. The van der Waals surface area contributed by atoms with Crippen LogP contribution in [0.3, 0.4) is 0 Å². The number of rotatable bonds is 2. The second-order valence-electron chi connectivity index (χ2n) is 4.68. The molecule has 0 saturated heterocycles. The predicted octanol–water partition coefficient (Wildman–Crippen LogP) is 4.20. The average Bonchev–Trinajstić information content (AvgIpc) is 2.35. The van der Waals surface area contributed by atoms with Crippen molar-refractivity contribution in [2.75, 3.05) is 0 Å². The van der Waals surface area contributed by atoms with Gasteiger partial charge in [0.2, 0.25) is 0 Å². The zero-order chi connectivity index (χ0) is 12.4. The zero-order valence-corrected chi connectivity index (χ0v) is 10.3. The van der Waals surface area contributed by atoms with Crippen LogP contribution < -0.4 is 5.73 Å². The number of benzene rings is 1.